The van der Waals surface area contributed by atoms with Crippen LogP contribution in [0.2, 0.25) is 0 Å². The first-order valence-corrected chi connectivity index (χ1v) is 7.89. The van der Waals surface area contributed by atoms with Gasteiger partial charge in [0.05, 0.1) is 0 Å². The number of hydrogen-bond acceptors (Lipinski definition) is 3. The third-order valence-electron chi connectivity index (χ3n) is 4.08. The molecule has 1 aliphatic carbocycles. The Kier molecular flexibility index (Phi) is 6.64. The van der Waals surface area contributed by atoms with Gasteiger partial charge in [0.2, 0.25) is 0 Å². The molecule has 0 aromatic heterocycles. The predicted molar refractivity (Wildman–Crippen MR) is 85.9 cm³/mol. The minimum absolute atomic E-state index is 0.270. The summed E-state index contributed by atoms with van der Waals surface area (Å²) < 4.78 is 0. The van der Waals surface area contributed by atoms with Crippen LogP contribution in [0.1, 0.15) is 43.2 Å². The fourth-order valence-corrected chi connectivity index (χ4v) is 2.80. The van der Waals surface area contributed by atoms with Gasteiger partial charge in [0, 0.05) is 6.54 Å². The number of benzene rings is 1. The molecule has 0 spiro atoms. The highest BCUT2D eigenvalue weighted by Crippen LogP contribution is 2.22. The molecule has 3 heteroatoms. The fraction of sp³-hybridized carbons (Fsp3) is 0.500. The second-order valence-electron chi connectivity index (χ2n) is 5.83. The number of rotatable bonds is 7. The van der Waals surface area contributed by atoms with E-state index in [1.165, 1.54) is 43.7 Å². The third-order valence-corrected chi connectivity index (χ3v) is 4.08. The molecule has 0 amide bonds. The van der Waals surface area contributed by atoms with Crippen LogP contribution >= 0.6 is 0 Å². The highest BCUT2D eigenvalue weighted by Gasteiger charge is 2.12. The van der Waals surface area contributed by atoms with Crippen LogP contribution in [0.15, 0.2) is 30.3 Å². The second-order valence-corrected chi connectivity index (χ2v) is 5.83. The number of carbonyl (C=O) groups is 1. The summed E-state index contributed by atoms with van der Waals surface area (Å²) in [5.74, 6) is 0.582. The average Bonchev–Trinajstić information content (AvgIpc) is 2.55. The molecule has 0 unspecified atom stereocenters. The van der Waals surface area contributed by atoms with Gasteiger partial charge in [-0.25, -0.2) is 0 Å². The van der Waals surface area contributed by atoms with E-state index in [4.69, 9.17) is 5.11 Å². The van der Waals surface area contributed by atoms with Crippen molar-refractivity contribution in [3.05, 3.63) is 41.5 Å². The first-order chi connectivity index (χ1) is 10.3. The first-order valence-electron chi connectivity index (χ1n) is 7.89. The quantitative estimate of drug-likeness (QED) is 0.758. The van der Waals surface area contributed by atoms with Crippen LogP contribution < -0.4 is 5.32 Å². The molecule has 2 N–H and O–H groups in total. The molecule has 114 valence electrons. The highest BCUT2D eigenvalue weighted by atomic mass is 16.3. The number of hydrogen-bond donors (Lipinski definition) is 2. The topological polar surface area (TPSA) is 49.3 Å². The molecule has 1 aromatic rings. The molecule has 1 fully saturated rings. The van der Waals surface area contributed by atoms with Gasteiger partial charge in [-0.15, -0.1) is 0 Å². The molecule has 2 rings (SSSR count). The SMILES string of the molecule is O=C(/C=C/c1ccc(CNCC2CCCCC2)cc1)CO. The zero-order valence-corrected chi connectivity index (χ0v) is 12.6. The van der Waals surface area contributed by atoms with Crippen molar-refractivity contribution in [2.45, 2.75) is 38.6 Å². The van der Waals surface area contributed by atoms with Crippen molar-refractivity contribution in [1.29, 1.82) is 0 Å². The lowest BCUT2D eigenvalue weighted by Gasteiger charge is -2.21. The molecule has 1 aromatic carbocycles. The molecule has 0 atom stereocenters. The van der Waals surface area contributed by atoms with Crippen molar-refractivity contribution in [3.63, 3.8) is 0 Å². The van der Waals surface area contributed by atoms with Crippen LogP contribution in [0.3, 0.4) is 0 Å². The van der Waals surface area contributed by atoms with Gasteiger partial charge in [0.25, 0.3) is 0 Å². The van der Waals surface area contributed by atoms with Crippen LogP contribution in [0, 0.1) is 5.92 Å². The van der Waals surface area contributed by atoms with Gasteiger partial charge >= 0.3 is 0 Å². The largest absolute Gasteiger partial charge is 0.388 e. The third kappa shape index (κ3) is 5.82. The number of aliphatic hydroxyl groups is 1. The molecule has 0 aliphatic heterocycles. The first kappa shape index (κ1) is 15.9. The van der Waals surface area contributed by atoms with Gasteiger partial charge in [-0.05, 0) is 42.5 Å². The van der Waals surface area contributed by atoms with E-state index in [1.54, 1.807) is 6.08 Å². The van der Waals surface area contributed by atoms with Crippen molar-refractivity contribution in [3.8, 4) is 0 Å². The summed E-state index contributed by atoms with van der Waals surface area (Å²) in [7, 11) is 0. The molecule has 0 saturated heterocycles. The Morgan fingerprint density at radius 3 is 2.57 bits per heavy atom. The zero-order valence-electron chi connectivity index (χ0n) is 12.6. The maximum absolute atomic E-state index is 11.0. The van der Waals surface area contributed by atoms with Crippen molar-refractivity contribution in [1.82, 2.24) is 5.32 Å². The zero-order chi connectivity index (χ0) is 14.9. The van der Waals surface area contributed by atoms with E-state index in [0.29, 0.717) is 0 Å². The van der Waals surface area contributed by atoms with E-state index in [-0.39, 0.29) is 5.78 Å². The summed E-state index contributed by atoms with van der Waals surface area (Å²) >= 11 is 0. The number of aliphatic hydroxyl groups excluding tert-OH is 1. The second kappa shape index (κ2) is 8.75. The molecule has 21 heavy (non-hydrogen) atoms. The van der Waals surface area contributed by atoms with E-state index in [1.807, 2.05) is 12.1 Å². The van der Waals surface area contributed by atoms with Crippen LogP contribution in [0.25, 0.3) is 6.08 Å². The van der Waals surface area contributed by atoms with E-state index < -0.39 is 6.61 Å². The summed E-state index contributed by atoms with van der Waals surface area (Å²) in [5, 5.41) is 12.2. The number of nitrogens with one attached hydrogen (secondary N) is 1. The van der Waals surface area contributed by atoms with Crippen molar-refractivity contribution < 1.29 is 9.90 Å². The molecule has 1 aliphatic rings. The van der Waals surface area contributed by atoms with Crippen molar-refractivity contribution >= 4 is 11.9 Å². The minimum atomic E-state index is -0.431. The monoisotopic (exact) mass is 287 g/mol. The summed E-state index contributed by atoms with van der Waals surface area (Å²) in [6.45, 7) is 1.59. The minimum Gasteiger partial charge on any atom is -0.388 e. The molecule has 0 bridgehead atoms. The van der Waals surface area contributed by atoms with Crippen LogP contribution in [-0.4, -0.2) is 24.0 Å². The summed E-state index contributed by atoms with van der Waals surface area (Å²) in [6, 6.07) is 8.16. The lowest BCUT2D eigenvalue weighted by Crippen LogP contribution is -2.24. The van der Waals surface area contributed by atoms with E-state index in [2.05, 4.69) is 17.4 Å². The van der Waals surface area contributed by atoms with E-state index >= 15 is 0 Å². The summed E-state index contributed by atoms with van der Waals surface area (Å²) in [6.07, 6.45) is 10.1. The Morgan fingerprint density at radius 1 is 1.19 bits per heavy atom. The Labute approximate surface area is 127 Å². The number of ketones is 1. The Hall–Kier alpha value is -1.45. The van der Waals surface area contributed by atoms with Gasteiger partial charge in [-0.3, -0.25) is 4.79 Å². The molecule has 0 radical (unpaired) electrons. The van der Waals surface area contributed by atoms with Gasteiger partial charge in [-0.1, -0.05) is 49.6 Å². The Balaban J connectivity index is 1.74. The van der Waals surface area contributed by atoms with Crippen LogP contribution in [0.4, 0.5) is 0 Å². The maximum atomic E-state index is 11.0. The number of carbonyl (C=O) groups excluding carboxylic acids is 1. The van der Waals surface area contributed by atoms with Crippen LogP contribution in [-0.2, 0) is 11.3 Å². The van der Waals surface area contributed by atoms with Gasteiger partial charge in [0.15, 0.2) is 5.78 Å². The maximum Gasteiger partial charge on any atom is 0.181 e. The summed E-state index contributed by atoms with van der Waals surface area (Å²) in [4.78, 5) is 11.0. The predicted octanol–water partition coefficient (Wildman–Crippen LogP) is 2.93. The van der Waals surface area contributed by atoms with Gasteiger partial charge < -0.3 is 10.4 Å². The van der Waals surface area contributed by atoms with E-state index in [0.717, 1.165) is 24.6 Å². The van der Waals surface area contributed by atoms with Gasteiger partial charge in [0.1, 0.15) is 6.61 Å². The summed E-state index contributed by atoms with van der Waals surface area (Å²) in [5.41, 5.74) is 2.24. The Bertz CT molecular complexity index is 459. The molecule has 1 saturated carbocycles. The van der Waals surface area contributed by atoms with Crippen molar-refractivity contribution in [2.24, 2.45) is 5.92 Å². The molecular weight excluding hydrogens is 262 g/mol. The Morgan fingerprint density at radius 2 is 1.90 bits per heavy atom. The molecular formula is C18H25NO2. The standard InChI is InChI=1S/C18H25NO2/c20-14-18(21)11-10-15-6-8-17(9-7-15)13-19-12-16-4-2-1-3-5-16/h6-11,16,19-20H,1-5,12-14H2/b11-10+. The van der Waals surface area contributed by atoms with Crippen LogP contribution in [0.5, 0.6) is 0 Å². The van der Waals surface area contributed by atoms with Crippen molar-refractivity contribution in [2.75, 3.05) is 13.2 Å². The van der Waals surface area contributed by atoms with Gasteiger partial charge in [-0.2, -0.15) is 0 Å². The molecule has 0 heterocycles. The highest BCUT2D eigenvalue weighted by molar-refractivity contribution is 5.94. The normalized spacial score (nSPS) is 16.4. The molecule has 3 nitrogen and oxygen atoms in total. The lowest BCUT2D eigenvalue weighted by atomic mass is 9.89. The average molecular weight is 287 g/mol. The van der Waals surface area contributed by atoms with E-state index in [9.17, 15) is 4.79 Å². The lowest BCUT2D eigenvalue weighted by molar-refractivity contribution is -0.117. The fourth-order valence-electron chi connectivity index (χ4n) is 2.80. The smallest absolute Gasteiger partial charge is 0.181 e.